The molecule has 1 aliphatic heterocycles. The van der Waals surface area contributed by atoms with Crippen molar-refractivity contribution in [2.75, 3.05) is 19.0 Å². The molecule has 1 saturated heterocycles. The maximum atomic E-state index is 11.5. The van der Waals surface area contributed by atoms with E-state index in [1.165, 1.54) is 18.7 Å². The molecule has 24 heavy (non-hydrogen) atoms. The van der Waals surface area contributed by atoms with Crippen molar-refractivity contribution >= 4 is 25.8 Å². The standard InChI is InChI=1S/C14H26BN3O5S/c1-4-6-7-20-13-11(17-18-16)14(24-5-2)23-10(8-21-15)12(13)22-9(3)19/h10-14H,4-8,15H2,1-3H3. The molecule has 0 saturated carbocycles. The molecule has 0 N–H and O–H groups in total. The van der Waals surface area contributed by atoms with Gasteiger partial charge in [-0.15, -0.1) is 11.8 Å². The molecule has 0 bridgehead atoms. The molecule has 0 radical (unpaired) electrons. The third kappa shape index (κ3) is 6.18. The Morgan fingerprint density at radius 2 is 2.17 bits per heavy atom. The lowest BCUT2D eigenvalue weighted by Gasteiger charge is -2.44. The second-order valence-corrected chi connectivity index (χ2v) is 6.79. The quantitative estimate of drug-likeness (QED) is 0.147. The minimum Gasteiger partial charge on any atom is -0.457 e. The topological polar surface area (TPSA) is 103 Å². The van der Waals surface area contributed by atoms with Crippen LogP contribution in [0.4, 0.5) is 0 Å². The van der Waals surface area contributed by atoms with Gasteiger partial charge in [0.15, 0.2) is 6.10 Å². The van der Waals surface area contributed by atoms with Crippen LogP contribution >= 0.6 is 11.8 Å². The van der Waals surface area contributed by atoms with Crippen molar-refractivity contribution in [2.45, 2.75) is 63.4 Å². The highest BCUT2D eigenvalue weighted by Crippen LogP contribution is 2.34. The molecule has 1 heterocycles. The molecule has 0 amide bonds. The summed E-state index contributed by atoms with van der Waals surface area (Å²) in [5, 5.41) is 3.87. The predicted octanol–water partition coefficient (Wildman–Crippen LogP) is 1.82. The summed E-state index contributed by atoms with van der Waals surface area (Å²) in [6, 6.07) is -0.575. The number of unbranched alkanes of at least 4 members (excludes halogenated alkanes) is 1. The van der Waals surface area contributed by atoms with Crippen LogP contribution in [0.2, 0.25) is 0 Å². The van der Waals surface area contributed by atoms with Crippen molar-refractivity contribution in [3.05, 3.63) is 10.4 Å². The number of azide groups is 1. The normalized spacial score (nSPS) is 29.7. The number of ether oxygens (including phenoxy) is 3. The number of hydrogen-bond donors (Lipinski definition) is 0. The Bertz CT molecular complexity index is 439. The van der Waals surface area contributed by atoms with Gasteiger partial charge in [0.2, 0.25) is 0 Å². The van der Waals surface area contributed by atoms with Gasteiger partial charge in [-0.25, -0.2) is 0 Å². The zero-order valence-corrected chi connectivity index (χ0v) is 15.5. The summed E-state index contributed by atoms with van der Waals surface area (Å²) in [5.74, 6) is 0.358. The summed E-state index contributed by atoms with van der Waals surface area (Å²) in [6.07, 6.45) is 0.133. The van der Waals surface area contributed by atoms with E-state index in [1.807, 2.05) is 6.92 Å². The average Bonchev–Trinajstić information content (AvgIpc) is 2.53. The number of esters is 1. The Kier molecular flexibility index (Phi) is 10.2. The number of rotatable bonds is 10. The van der Waals surface area contributed by atoms with E-state index < -0.39 is 30.3 Å². The largest absolute Gasteiger partial charge is 0.457 e. The summed E-state index contributed by atoms with van der Waals surface area (Å²) >= 11 is 1.53. The van der Waals surface area contributed by atoms with Crippen LogP contribution in [0.15, 0.2) is 5.11 Å². The first-order valence-corrected chi connectivity index (χ1v) is 9.22. The van der Waals surface area contributed by atoms with Crippen molar-refractivity contribution < 1.29 is 23.7 Å². The molecule has 0 spiro atoms. The number of carbonyl (C=O) groups is 1. The van der Waals surface area contributed by atoms with Gasteiger partial charge in [-0.2, -0.15) is 0 Å². The summed E-state index contributed by atoms with van der Waals surface area (Å²) in [6.45, 7) is 6.15. The van der Waals surface area contributed by atoms with Crippen molar-refractivity contribution in [2.24, 2.45) is 5.11 Å². The summed E-state index contributed by atoms with van der Waals surface area (Å²) in [4.78, 5) is 14.5. The number of carbonyl (C=O) groups excluding carboxylic acids is 1. The van der Waals surface area contributed by atoms with Crippen LogP contribution in [-0.2, 0) is 23.7 Å². The fourth-order valence-electron chi connectivity index (χ4n) is 2.56. The molecule has 0 aromatic carbocycles. The first-order chi connectivity index (χ1) is 11.6. The van der Waals surface area contributed by atoms with E-state index in [0.717, 1.165) is 18.6 Å². The monoisotopic (exact) mass is 359 g/mol. The van der Waals surface area contributed by atoms with Gasteiger partial charge in [0.25, 0.3) is 8.05 Å². The molecular weight excluding hydrogens is 333 g/mol. The minimum atomic E-state index is -0.677. The highest BCUT2D eigenvalue weighted by Gasteiger charge is 2.48. The van der Waals surface area contributed by atoms with Crippen LogP contribution in [0.1, 0.15) is 33.6 Å². The molecule has 5 atom stereocenters. The predicted molar refractivity (Wildman–Crippen MR) is 94.4 cm³/mol. The molecule has 10 heteroatoms. The maximum absolute atomic E-state index is 11.5. The molecule has 0 aliphatic carbocycles. The highest BCUT2D eigenvalue weighted by molar-refractivity contribution is 7.99. The Morgan fingerprint density at radius 3 is 2.71 bits per heavy atom. The first-order valence-electron chi connectivity index (χ1n) is 8.18. The van der Waals surface area contributed by atoms with Gasteiger partial charge in [0.1, 0.15) is 23.7 Å². The number of thioether (sulfide) groups is 1. The molecule has 0 aromatic heterocycles. The van der Waals surface area contributed by atoms with E-state index in [9.17, 15) is 4.79 Å². The SMILES string of the molecule is BOCC1OC(SCC)C(N=[N+]=[N-])C(OCCCC)C1OC(C)=O. The lowest BCUT2D eigenvalue weighted by molar-refractivity contribution is -0.202. The van der Waals surface area contributed by atoms with E-state index >= 15 is 0 Å². The lowest BCUT2D eigenvalue weighted by atomic mass is 9.98. The number of hydrogen-bond acceptors (Lipinski definition) is 7. The van der Waals surface area contributed by atoms with E-state index in [1.54, 1.807) is 8.05 Å². The fourth-order valence-corrected chi connectivity index (χ4v) is 3.52. The summed E-state index contributed by atoms with van der Waals surface area (Å²) < 4.78 is 22.6. The lowest BCUT2D eigenvalue weighted by Crippen LogP contribution is -2.59. The molecule has 136 valence electrons. The maximum Gasteiger partial charge on any atom is 0.303 e. The van der Waals surface area contributed by atoms with Crippen LogP contribution in [0.5, 0.6) is 0 Å². The summed E-state index contributed by atoms with van der Waals surface area (Å²) in [5.41, 5.74) is 8.57. The van der Waals surface area contributed by atoms with Gasteiger partial charge < -0.3 is 18.9 Å². The van der Waals surface area contributed by atoms with Gasteiger partial charge in [-0.1, -0.05) is 25.4 Å². The molecule has 1 fully saturated rings. The first kappa shape index (κ1) is 21.1. The zero-order valence-electron chi connectivity index (χ0n) is 14.7. The Hall–Kier alpha value is -0.925. The van der Waals surface area contributed by atoms with Crippen LogP contribution in [0.25, 0.3) is 10.4 Å². The van der Waals surface area contributed by atoms with E-state index in [4.69, 9.17) is 24.4 Å². The Labute approximate surface area is 148 Å². The van der Waals surface area contributed by atoms with Crippen molar-refractivity contribution in [1.82, 2.24) is 0 Å². The minimum absolute atomic E-state index is 0.259. The van der Waals surface area contributed by atoms with Crippen molar-refractivity contribution in [3.63, 3.8) is 0 Å². The summed E-state index contributed by atoms with van der Waals surface area (Å²) in [7, 11) is 1.56. The van der Waals surface area contributed by atoms with Gasteiger partial charge in [-0.05, 0) is 17.7 Å². The molecule has 0 aromatic rings. The third-order valence-electron chi connectivity index (χ3n) is 3.57. The molecule has 1 aliphatic rings. The number of nitrogens with zero attached hydrogens (tertiary/aromatic N) is 3. The van der Waals surface area contributed by atoms with E-state index in [-0.39, 0.29) is 12.0 Å². The van der Waals surface area contributed by atoms with Gasteiger partial charge in [0, 0.05) is 18.4 Å². The second-order valence-electron chi connectivity index (χ2n) is 5.41. The average molecular weight is 359 g/mol. The van der Waals surface area contributed by atoms with Gasteiger partial charge in [0.05, 0.1) is 6.61 Å². The van der Waals surface area contributed by atoms with E-state index in [0.29, 0.717) is 6.61 Å². The fraction of sp³-hybridized carbons (Fsp3) is 0.929. The van der Waals surface area contributed by atoms with Crippen LogP contribution < -0.4 is 0 Å². The second kappa shape index (κ2) is 11.6. The van der Waals surface area contributed by atoms with Crippen molar-refractivity contribution in [1.29, 1.82) is 0 Å². The Balaban J connectivity index is 3.09. The van der Waals surface area contributed by atoms with Gasteiger partial charge in [-0.3, -0.25) is 4.79 Å². The smallest absolute Gasteiger partial charge is 0.303 e. The third-order valence-corrected chi connectivity index (χ3v) is 4.62. The highest BCUT2D eigenvalue weighted by atomic mass is 32.2. The van der Waals surface area contributed by atoms with E-state index in [2.05, 4.69) is 16.9 Å². The van der Waals surface area contributed by atoms with Crippen molar-refractivity contribution in [3.8, 4) is 0 Å². The zero-order chi connectivity index (χ0) is 17.9. The molecular formula is C14H26BN3O5S. The van der Waals surface area contributed by atoms with Crippen LogP contribution in [-0.4, -0.2) is 62.8 Å². The van der Waals surface area contributed by atoms with Crippen LogP contribution in [0.3, 0.4) is 0 Å². The van der Waals surface area contributed by atoms with Gasteiger partial charge >= 0.3 is 5.97 Å². The Morgan fingerprint density at radius 1 is 1.42 bits per heavy atom. The molecule has 5 unspecified atom stereocenters. The van der Waals surface area contributed by atoms with Crippen LogP contribution in [0, 0.1) is 0 Å². The molecule has 8 nitrogen and oxygen atoms in total. The molecule has 1 rings (SSSR count).